The highest BCUT2D eigenvalue weighted by Gasteiger charge is 2.36. The van der Waals surface area contributed by atoms with Crippen LogP contribution < -0.4 is 0 Å². The third kappa shape index (κ3) is 2.25. The fraction of sp³-hybridized carbons (Fsp3) is 1.00. The topological polar surface area (TPSA) is 43.5 Å². The molecule has 0 bridgehead atoms. The van der Waals surface area contributed by atoms with Crippen molar-refractivity contribution in [2.75, 3.05) is 26.4 Å². The predicted molar refractivity (Wildman–Crippen MR) is 48.2 cm³/mol. The van der Waals surface area contributed by atoms with Gasteiger partial charge in [-0.25, -0.2) is 0 Å². The lowest BCUT2D eigenvalue weighted by Crippen LogP contribution is -2.42. The molecule has 4 atom stereocenters. The van der Waals surface area contributed by atoms with Crippen LogP contribution in [-0.2, 0) is 18.9 Å². The lowest BCUT2D eigenvalue weighted by Gasteiger charge is -2.35. The van der Waals surface area contributed by atoms with Crippen molar-refractivity contribution in [3.63, 3.8) is 0 Å². The molecule has 3 fully saturated rings. The Hall–Kier alpha value is -0.160. The predicted octanol–water partition coefficient (Wildman–Crippen LogP) is 0.348. The molecular formula is C10H16O4. The van der Waals surface area contributed by atoms with E-state index < -0.39 is 0 Å². The van der Waals surface area contributed by atoms with Crippen LogP contribution in [0, 0.1) is 0 Å². The second-order valence-corrected chi connectivity index (χ2v) is 4.23. The lowest BCUT2D eigenvalue weighted by atomic mass is 9.92. The van der Waals surface area contributed by atoms with E-state index >= 15 is 0 Å². The highest BCUT2D eigenvalue weighted by atomic mass is 16.6. The summed E-state index contributed by atoms with van der Waals surface area (Å²) in [7, 11) is 0. The van der Waals surface area contributed by atoms with E-state index in [1.54, 1.807) is 0 Å². The van der Waals surface area contributed by atoms with Gasteiger partial charge in [0, 0.05) is 0 Å². The summed E-state index contributed by atoms with van der Waals surface area (Å²) in [5, 5.41) is 0. The van der Waals surface area contributed by atoms with Gasteiger partial charge in [0.25, 0.3) is 0 Å². The van der Waals surface area contributed by atoms with Gasteiger partial charge in [-0.3, -0.25) is 0 Å². The summed E-state index contributed by atoms with van der Waals surface area (Å²) in [6.07, 6.45) is 3.59. The zero-order chi connectivity index (χ0) is 9.38. The molecule has 0 N–H and O–H groups in total. The molecule has 4 nitrogen and oxygen atoms in total. The Balaban J connectivity index is 1.32. The third-order valence-corrected chi connectivity index (χ3v) is 2.95. The minimum absolute atomic E-state index is 0.304. The minimum atomic E-state index is 0.304. The van der Waals surface area contributed by atoms with E-state index in [0.717, 1.165) is 39.3 Å². The summed E-state index contributed by atoms with van der Waals surface area (Å²) < 4.78 is 21.5. The first kappa shape index (κ1) is 9.09. The van der Waals surface area contributed by atoms with E-state index in [1.165, 1.54) is 0 Å². The van der Waals surface area contributed by atoms with Crippen molar-refractivity contribution in [2.24, 2.45) is 0 Å². The second kappa shape index (κ2) is 3.77. The van der Waals surface area contributed by atoms with Gasteiger partial charge < -0.3 is 18.9 Å². The zero-order valence-electron chi connectivity index (χ0n) is 8.19. The molecule has 0 aromatic heterocycles. The molecule has 0 radical (unpaired) electrons. The Morgan fingerprint density at radius 1 is 0.857 bits per heavy atom. The first-order chi connectivity index (χ1) is 6.92. The molecule has 0 aromatic carbocycles. The first-order valence-corrected chi connectivity index (χ1v) is 5.38. The number of epoxide rings is 2. The van der Waals surface area contributed by atoms with Crippen LogP contribution in [0.25, 0.3) is 0 Å². The van der Waals surface area contributed by atoms with Crippen LogP contribution in [0.15, 0.2) is 0 Å². The number of ether oxygens (including phenoxy) is 4. The molecular weight excluding hydrogens is 184 g/mol. The van der Waals surface area contributed by atoms with Gasteiger partial charge in [-0.05, 0) is 12.8 Å². The van der Waals surface area contributed by atoms with Crippen molar-refractivity contribution in [2.45, 2.75) is 37.3 Å². The molecule has 2 heterocycles. The smallest absolute Gasteiger partial charge is 0.104 e. The second-order valence-electron chi connectivity index (χ2n) is 4.23. The molecule has 80 valence electrons. The SMILES string of the molecule is C1OC1COC1CCC1OCC1CO1. The zero-order valence-corrected chi connectivity index (χ0v) is 8.19. The van der Waals surface area contributed by atoms with Crippen LogP contribution in [-0.4, -0.2) is 50.8 Å². The van der Waals surface area contributed by atoms with E-state index in [9.17, 15) is 0 Å². The Morgan fingerprint density at radius 3 is 1.57 bits per heavy atom. The maximum atomic E-state index is 5.68. The summed E-state index contributed by atoms with van der Waals surface area (Å²) in [5.74, 6) is 0. The molecule has 3 aliphatic rings. The van der Waals surface area contributed by atoms with E-state index in [0.29, 0.717) is 24.4 Å². The maximum Gasteiger partial charge on any atom is 0.104 e. The fourth-order valence-electron chi connectivity index (χ4n) is 1.61. The lowest BCUT2D eigenvalue weighted by molar-refractivity contribution is -0.131. The Labute approximate surface area is 83.5 Å². The van der Waals surface area contributed by atoms with Crippen LogP contribution in [0.5, 0.6) is 0 Å². The van der Waals surface area contributed by atoms with E-state index in [1.807, 2.05) is 0 Å². The van der Waals surface area contributed by atoms with Crippen molar-refractivity contribution >= 4 is 0 Å². The van der Waals surface area contributed by atoms with Gasteiger partial charge in [0.05, 0.1) is 38.6 Å². The van der Waals surface area contributed by atoms with Gasteiger partial charge >= 0.3 is 0 Å². The average molecular weight is 200 g/mol. The number of hydrogen-bond donors (Lipinski definition) is 0. The molecule has 2 saturated heterocycles. The standard InChI is InChI=1S/C10H16O4/c1-2-10(14-6-8-4-12-8)9(1)13-5-7-3-11-7/h7-10H,1-6H2. The maximum absolute atomic E-state index is 5.68. The number of hydrogen-bond acceptors (Lipinski definition) is 4. The molecule has 0 amide bonds. The van der Waals surface area contributed by atoms with Crippen LogP contribution in [0.4, 0.5) is 0 Å². The fourth-order valence-corrected chi connectivity index (χ4v) is 1.61. The summed E-state index contributed by atoms with van der Waals surface area (Å²) in [6, 6.07) is 0. The van der Waals surface area contributed by atoms with Crippen molar-refractivity contribution in [3.8, 4) is 0 Å². The van der Waals surface area contributed by atoms with E-state index in [2.05, 4.69) is 0 Å². The van der Waals surface area contributed by atoms with Crippen molar-refractivity contribution in [1.29, 1.82) is 0 Å². The quantitative estimate of drug-likeness (QED) is 0.580. The molecule has 0 spiro atoms. The van der Waals surface area contributed by atoms with Gasteiger partial charge in [-0.15, -0.1) is 0 Å². The van der Waals surface area contributed by atoms with Gasteiger partial charge in [0.2, 0.25) is 0 Å². The Bertz CT molecular complexity index is 178. The van der Waals surface area contributed by atoms with Gasteiger partial charge in [0.1, 0.15) is 12.2 Å². The van der Waals surface area contributed by atoms with E-state index in [4.69, 9.17) is 18.9 Å². The van der Waals surface area contributed by atoms with Gasteiger partial charge in [-0.2, -0.15) is 0 Å². The van der Waals surface area contributed by atoms with Crippen molar-refractivity contribution in [3.05, 3.63) is 0 Å². The monoisotopic (exact) mass is 200 g/mol. The Morgan fingerprint density at radius 2 is 1.29 bits per heavy atom. The summed E-state index contributed by atoms with van der Waals surface area (Å²) >= 11 is 0. The molecule has 4 heteroatoms. The molecule has 0 aromatic rings. The highest BCUT2D eigenvalue weighted by molar-refractivity contribution is 4.85. The number of rotatable bonds is 6. The van der Waals surface area contributed by atoms with E-state index in [-0.39, 0.29) is 0 Å². The molecule has 3 rings (SSSR count). The molecule has 4 unspecified atom stereocenters. The van der Waals surface area contributed by atoms with Gasteiger partial charge in [-0.1, -0.05) is 0 Å². The van der Waals surface area contributed by atoms with Crippen LogP contribution in [0.3, 0.4) is 0 Å². The molecule has 2 aliphatic heterocycles. The third-order valence-electron chi connectivity index (χ3n) is 2.95. The van der Waals surface area contributed by atoms with Gasteiger partial charge in [0.15, 0.2) is 0 Å². The summed E-state index contributed by atoms with van der Waals surface area (Å²) in [4.78, 5) is 0. The minimum Gasteiger partial charge on any atom is -0.373 e. The van der Waals surface area contributed by atoms with Crippen LogP contribution in [0.2, 0.25) is 0 Å². The summed E-state index contributed by atoms with van der Waals surface area (Å²) in [6.45, 7) is 3.22. The van der Waals surface area contributed by atoms with Crippen LogP contribution in [0.1, 0.15) is 12.8 Å². The largest absolute Gasteiger partial charge is 0.373 e. The first-order valence-electron chi connectivity index (χ1n) is 5.38. The van der Waals surface area contributed by atoms with Crippen LogP contribution >= 0.6 is 0 Å². The van der Waals surface area contributed by atoms with Crippen molar-refractivity contribution in [1.82, 2.24) is 0 Å². The highest BCUT2D eigenvalue weighted by Crippen LogP contribution is 2.28. The average Bonchev–Trinajstić information content (AvgIpc) is 2.98. The molecule has 1 saturated carbocycles. The molecule has 1 aliphatic carbocycles. The summed E-state index contributed by atoms with van der Waals surface area (Å²) in [5.41, 5.74) is 0. The Kier molecular flexibility index (Phi) is 2.45. The molecule has 14 heavy (non-hydrogen) atoms. The normalized spacial score (nSPS) is 44.6. The van der Waals surface area contributed by atoms with Crippen molar-refractivity contribution < 1.29 is 18.9 Å².